The zero-order chi connectivity index (χ0) is 25.3. The normalized spacial score (nSPS) is 20.0. The number of rotatable bonds is 6. The predicted octanol–water partition coefficient (Wildman–Crippen LogP) is 5.72. The van der Waals surface area contributed by atoms with Gasteiger partial charge in [-0.3, -0.25) is 4.79 Å². The average Bonchev–Trinajstić information content (AvgIpc) is 2.83. The van der Waals surface area contributed by atoms with E-state index in [4.69, 9.17) is 9.47 Å². The zero-order valence-electron chi connectivity index (χ0n) is 20.4. The molecule has 2 atom stereocenters. The highest BCUT2D eigenvalue weighted by molar-refractivity contribution is 9.10. The summed E-state index contributed by atoms with van der Waals surface area (Å²) in [5.74, 6) is -0.657. The van der Waals surface area contributed by atoms with Crippen LogP contribution in [0.15, 0.2) is 69.5 Å². The number of aromatic hydroxyl groups is 1. The van der Waals surface area contributed by atoms with Gasteiger partial charge in [-0.05, 0) is 64.4 Å². The summed E-state index contributed by atoms with van der Waals surface area (Å²) >= 11 is 3.39. The second-order valence-corrected chi connectivity index (χ2v) is 10.3. The third-order valence-electron chi connectivity index (χ3n) is 6.47. The number of phenols is 1. The minimum Gasteiger partial charge on any atom is -0.503 e. The number of allylic oxidation sites excluding steroid dienone is 3. The highest BCUT2D eigenvalue weighted by Gasteiger charge is 2.42. The summed E-state index contributed by atoms with van der Waals surface area (Å²) in [5, 5.41) is 13.7. The van der Waals surface area contributed by atoms with Gasteiger partial charge < -0.3 is 19.9 Å². The lowest BCUT2D eigenvalue weighted by Gasteiger charge is -2.37. The summed E-state index contributed by atoms with van der Waals surface area (Å²) in [5.41, 5.74) is 4.23. The third-order valence-corrected chi connectivity index (χ3v) is 7.07. The number of ether oxygens (including phenoxy) is 2. The minimum absolute atomic E-state index is 0.0116. The molecule has 0 unspecified atom stereocenters. The number of esters is 1. The lowest BCUT2D eigenvalue weighted by atomic mass is 9.71. The Kier molecular flexibility index (Phi) is 7.36. The van der Waals surface area contributed by atoms with Gasteiger partial charge in [0, 0.05) is 29.3 Å². The Balaban J connectivity index is 1.83. The van der Waals surface area contributed by atoms with Crippen molar-refractivity contribution in [3.05, 3.63) is 80.6 Å². The summed E-state index contributed by atoms with van der Waals surface area (Å²) in [6, 6.07) is 13.4. The minimum atomic E-state index is -0.638. The van der Waals surface area contributed by atoms with Crippen LogP contribution < -0.4 is 10.1 Å². The van der Waals surface area contributed by atoms with Crippen LogP contribution in [0.2, 0.25) is 0 Å². The molecule has 0 bridgehead atoms. The largest absolute Gasteiger partial charge is 0.503 e. The molecule has 4 rings (SSSR count). The van der Waals surface area contributed by atoms with Crippen molar-refractivity contribution < 1.29 is 24.2 Å². The van der Waals surface area contributed by atoms with Gasteiger partial charge in [-0.25, -0.2) is 4.79 Å². The number of hydrogen-bond acceptors (Lipinski definition) is 6. The molecule has 0 spiro atoms. The van der Waals surface area contributed by atoms with Crippen molar-refractivity contribution in [2.24, 2.45) is 5.92 Å². The fourth-order valence-corrected chi connectivity index (χ4v) is 5.30. The summed E-state index contributed by atoms with van der Waals surface area (Å²) in [4.78, 5) is 27.0. The molecule has 0 amide bonds. The first-order valence-electron chi connectivity index (χ1n) is 11.7. The van der Waals surface area contributed by atoms with E-state index in [1.165, 1.54) is 7.11 Å². The van der Waals surface area contributed by atoms with Crippen LogP contribution in [0, 0.1) is 5.92 Å². The lowest BCUT2D eigenvalue weighted by Crippen LogP contribution is -2.36. The monoisotopic (exact) mass is 539 g/mol. The molecule has 0 saturated carbocycles. The van der Waals surface area contributed by atoms with Crippen LogP contribution in [0.25, 0.3) is 0 Å². The lowest BCUT2D eigenvalue weighted by molar-refractivity contribution is -0.140. The molecule has 0 aromatic heterocycles. The second-order valence-electron chi connectivity index (χ2n) is 9.47. The average molecular weight is 540 g/mol. The maximum Gasteiger partial charge on any atom is 0.336 e. The number of halogens is 1. The van der Waals surface area contributed by atoms with Gasteiger partial charge in [0.05, 0.1) is 23.8 Å². The van der Waals surface area contributed by atoms with E-state index < -0.39 is 11.9 Å². The van der Waals surface area contributed by atoms with Crippen molar-refractivity contribution in [2.45, 2.75) is 45.4 Å². The first-order chi connectivity index (χ1) is 16.7. The van der Waals surface area contributed by atoms with Gasteiger partial charge in [0.15, 0.2) is 17.3 Å². The summed E-state index contributed by atoms with van der Waals surface area (Å²) in [7, 11) is 1.47. The van der Waals surface area contributed by atoms with Gasteiger partial charge in [0.2, 0.25) is 0 Å². The van der Waals surface area contributed by atoms with Gasteiger partial charge in [-0.1, -0.05) is 44.2 Å². The highest BCUT2D eigenvalue weighted by Crippen LogP contribution is 2.48. The van der Waals surface area contributed by atoms with Gasteiger partial charge in [-0.2, -0.15) is 0 Å². The van der Waals surface area contributed by atoms with E-state index in [9.17, 15) is 14.7 Å². The summed E-state index contributed by atoms with van der Waals surface area (Å²) < 4.78 is 11.4. The molecule has 2 N–H and O–H groups in total. The predicted molar refractivity (Wildman–Crippen MR) is 137 cm³/mol. The summed E-state index contributed by atoms with van der Waals surface area (Å²) in [6.07, 6.45) is 1.01. The van der Waals surface area contributed by atoms with Crippen molar-refractivity contribution in [3.8, 4) is 11.5 Å². The Bertz CT molecular complexity index is 1220. The topological polar surface area (TPSA) is 84.9 Å². The van der Waals surface area contributed by atoms with Crippen LogP contribution in [-0.2, 0) is 14.3 Å². The van der Waals surface area contributed by atoms with E-state index in [2.05, 4.69) is 21.2 Å². The smallest absolute Gasteiger partial charge is 0.336 e. The van der Waals surface area contributed by atoms with E-state index in [0.717, 1.165) is 11.3 Å². The quantitative estimate of drug-likeness (QED) is 0.456. The van der Waals surface area contributed by atoms with E-state index in [0.29, 0.717) is 39.7 Å². The molecule has 184 valence electrons. The molecule has 1 aliphatic carbocycles. The second kappa shape index (κ2) is 10.3. The number of methoxy groups -OCH3 is 1. The molecule has 1 aliphatic heterocycles. The fourth-order valence-electron chi connectivity index (χ4n) is 4.84. The van der Waals surface area contributed by atoms with E-state index in [-0.39, 0.29) is 35.7 Å². The highest BCUT2D eigenvalue weighted by atomic mass is 79.9. The Hall–Kier alpha value is -3.06. The Morgan fingerprint density at radius 2 is 1.89 bits per heavy atom. The number of hydrogen-bond donors (Lipinski definition) is 2. The molecular weight excluding hydrogens is 510 g/mol. The molecule has 6 nitrogen and oxygen atoms in total. The first kappa shape index (κ1) is 25.0. The van der Waals surface area contributed by atoms with Gasteiger partial charge in [-0.15, -0.1) is 0 Å². The van der Waals surface area contributed by atoms with E-state index in [1.54, 1.807) is 12.1 Å². The molecule has 2 aromatic rings. The molecule has 2 aliphatic rings. The van der Waals surface area contributed by atoms with Crippen molar-refractivity contribution >= 4 is 27.7 Å². The Morgan fingerprint density at radius 3 is 2.54 bits per heavy atom. The maximum absolute atomic E-state index is 13.7. The van der Waals surface area contributed by atoms with Crippen LogP contribution in [0.3, 0.4) is 0 Å². The van der Waals surface area contributed by atoms with E-state index in [1.807, 2.05) is 51.1 Å². The van der Waals surface area contributed by atoms with Gasteiger partial charge >= 0.3 is 5.97 Å². The fraction of sp³-hybridized carbons (Fsp3) is 0.357. The number of Topliss-reactive ketones (excluding diaryl/α,β-unsaturated/α-hetero) is 1. The number of phenolic OH excluding ortho intramolecular Hbond substituents is 1. The van der Waals surface area contributed by atoms with Crippen LogP contribution in [0.1, 0.15) is 56.6 Å². The number of nitrogens with one attached hydrogen (secondary N) is 1. The maximum atomic E-state index is 13.7. The molecule has 2 aromatic carbocycles. The third kappa shape index (κ3) is 5.01. The Morgan fingerprint density at radius 1 is 1.17 bits per heavy atom. The van der Waals surface area contributed by atoms with Crippen molar-refractivity contribution in [2.75, 3.05) is 13.7 Å². The number of benzene rings is 2. The van der Waals surface area contributed by atoms with Crippen molar-refractivity contribution in [3.63, 3.8) is 0 Å². The van der Waals surface area contributed by atoms with Crippen molar-refractivity contribution in [1.82, 2.24) is 5.32 Å². The van der Waals surface area contributed by atoms with Crippen molar-refractivity contribution in [1.29, 1.82) is 0 Å². The standard InChI is InChI=1S/C28H30BrNO5/c1-15(2)14-35-28(33)24-16(3)30-21-11-18(17-8-6-5-7-9-17)12-22(31)26(21)25(24)19-10-20(29)27(32)23(13-19)34-4/h5-10,13,15,18,25,30,32H,11-12,14H2,1-4H3/t18-,25+/m0/s1. The van der Waals surface area contributed by atoms with Crippen LogP contribution >= 0.6 is 15.9 Å². The van der Waals surface area contributed by atoms with Gasteiger partial charge in [0.25, 0.3) is 0 Å². The molecule has 1 heterocycles. The molecule has 35 heavy (non-hydrogen) atoms. The number of carbonyl (C=O) groups is 2. The molecular formula is C28H30BrNO5. The van der Waals surface area contributed by atoms with Crippen LogP contribution in [0.5, 0.6) is 11.5 Å². The van der Waals surface area contributed by atoms with Crippen LogP contribution in [0.4, 0.5) is 0 Å². The van der Waals surface area contributed by atoms with E-state index >= 15 is 0 Å². The SMILES string of the molecule is COc1cc([C@@H]2C(C(=O)OCC(C)C)=C(C)NC3=C2C(=O)C[C@@H](c2ccccc2)C3)cc(Br)c1O. The Labute approximate surface area is 214 Å². The zero-order valence-corrected chi connectivity index (χ0v) is 21.9. The number of carbonyl (C=O) groups excluding carboxylic acids is 2. The van der Waals surface area contributed by atoms with Crippen LogP contribution in [-0.4, -0.2) is 30.6 Å². The molecule has 0 radical (unpaired) electrons. The summed E-state index contributed by atoms with van der Waals surface area (Å²) in [6.45, 7) is 6.07. The first-order valence-corrected chi connectivity index (χ1v) is 12.5. The molecule has 0 fully saturated rings. The number of ketones is 1. The molecule has 7 heteroatoms. The molecule has 0 saturated heterocycles. The van der Waals surface area contributed by atoms with Gasteiger partial charge in [0.1, 0.15) is 0 Å². The number of dihydropyridines is 1.